The first-order chi connectivity index (χ1) is 13.7. The van der Waals surface area contributed by atoms with Gasteiger partial charge in [0, 0.05) is 4.88 Å². The molecule has 0 bridgehead atoms. The third-order valence-electron chi connectivity index (χ3n) is 5.24. The van der Waals surface area contributed by atoms with E-state index >= 15 is 0 Å². The van der Waals surface area contributed by atoms with Crippen molar-refractivity contribution in [3.05, 3.63) is 88.6 Å². The van der Waals surface area contributed by atoms with Crippen LogP contribution < -0.4 is 5.06 Å². The Morgan fingerprint density at radius 2 is 1.57 bits per heavy atom. The number of benzene rings is 2. The van der Waals surface area contributed by atoms with Gasteiger partial charge in [0.1, 0.15) is 12.0 Å². The van der Waals surface area contributed by atoms with E-state index in [1.165, 1.54) is 4.90 Å². The van der Waals surface area contributed by atoms with Gasteiger partial charge >= 0.3 is 0 Å². The molecule has 0 spiro atoms. The summed E-state index contributed by atoms with van der Waals surface area (Å²) in [5.74, 6) is -0.982. The molecule has 2 amide bonds. The highest BCUT2D eigenvalue weighted by molar-refractivity contribution is 7.10. The number of amides is 2. The largest absolute Gasteiger partial charge is 0.275 e. The van der Waals surface area contributed by atoms with Crippen LogP contribution in [0.1, 0.15) is 16.5 Å². The molecule has 0 saturated carbocycles. The lowest BCUT2D eigenvalue weighted by atomic mass is 9.95. The van der Waals surface area contributed by atoms with Gasteiger partial charge in [0.15, 0.2) is 6.10 Å². The number of imide groups is 1. The molecule has 2 aliphatic rings. The average molecular weight is 390 g/mol. The van der Waals surface area contributed by atoms with E-state index in [1.807, 2.05) is 78.2 Å². The van der Waals surface area contributed by atoms with Gasteiger partial charge < -0.3 is 0 Å². The van der Waals surface area contributed by atoms with Crippen LogP contribution in [0.2, 0.25) is 0 Å². The first kappa shape index (κ1) is 17.2. The van der Waals surface area contributed by atoms with Crippen molar-refractivity contribution in [1.82, 2.24) is 4.90 Å². The van der Waals surface area contributed by atoms with Crippen molar-refractivity contribution in [1.29, 1.82) is 0 Å². The molecule has 140 valence electrons. The second-order valence-corrected chi connectivity index (χ2v) is 7.90. The van der Waals surface area contributed by atoms with E-state index in [0.29, 0.717) is 0 Å². The highest BCUT2D eigenvalue weighted by Gasteiger charge is 2.60. The van der Waals surface area contributed by atoms with Crippen LogP contribution >= 0.6 is 11.3 Å². The minimum Gasteiger partial charge on any atom is -0.275 e. The molecule has 1 aromatic heterocycles. The fourth-order valence-corrected chi connectivity index (χ4v) is 4.79. The zero-order chi connectivity index (χ0) is 19.1. The molecular weight excluding hydrogens is 372 g/mol. The summed E-state index contributed by atoms with van der Waals surface area (Å²) < 4.78 is 0. The number of hydrogen-bond donors (Lipinski definition) is 0. The lowest BCUT2D eigenvalue weighted by Crippen LogP contribution is -2.36. The molecule has 28 heavy (non-hydrogen) atoms. The molecular formula is C22H18N2O3S. The van der Waals surface area contributed by atoms with Crippen molar-refractivity contribution in [2.24, 2.45) is 5.92 Å². The zero-order valence-electron chi connectivity index (χ0n) is 15.0. The molecule has 0 radical (unpaired) electrons. The van der Waals surface area contributed by atoms with Crippen LogP contribution in [0.3, 0.4) is 0 Å². The van der Waals surface area contributed by atoms with E-state index in [0.717, 1.165) is 16.1 Å². The summed E-state index contributed by atoms with van der Waals surface area (Å²) in [6.45, 7) is 0.275. The molecule has 5 nitrogen and oxygen atoms in total. The SMILES string of the molecule is O=C1[C@@H]2[C@@H](ON(c3ccccc3)[C@H]2c2cccs2)C(=O)N1Cc1ccccc1. The Hall–Kier alpha value is -2.96. The molecule has 5 rings (SSSR count). The Labute approximate surface area is 166 Å². The molecule has 0 N–H and O–H groups in total. The standard InChI is InChI=1S/C22H18N2O3S/c25-21-18-19(17-12-7-13-28-17)24(16-10-5-2-6-11-16)27-20(18)22(26)23(21)14-15-8-3-1-4-9-15/h1-13,18-20H,14H2/t18-,19-,20+/m0/s1. The second kappa shape index (κ2) is 6.89. The predicted octanol–water partition coefficient (Wildman–Crippen LogP) is 3.79. The van der Waals surface area contributed by atoms with Crippen LogP contribution in [0.15, 0.2) is 78.2 Å². The monoisotopic (exact) mass is 390 g/mol. The lowest BCUT2D eigenvalue weighted by Gasteiger charge is -2.27. The van der Waals surface area contributed by atoms with Crippen molar-refractivity contribution in [3.8, 4) is 0 Å². The number of hydrogen-bond acceptors (Lipinski definition) is 5. The molecule has 3 atom stereocenters. The first-order valence-electron chi connectivity index (χ1n) is 9.17. The Balaban J connectivity index is 1.50. The Morgan fingerprint density at radius 1 is 0.857 bits per heavy atom. The molecule has 3 heterocycles. The Morgan fingerprint density at radius 3 is 2.25 bits per heavy atom. The molecule has 2 aliphatic heterocycles. The van der Waals surface area contributed by atoms with Crippen LogP contribution in [0.25, 0.3) is 0 Å². The summed E-state index contributed by atoms with van der Waals surface area (Å²) in [6.07, 6.45) is -0.788. The van der Waals surface area contributed by atoms with E-state index in [1.54, 1.807) is 16.4 Å². The van der Waals surface area contributed by atoms with Gasteiger partial charge in [-0.3, -0.25) is 19.3 Å². The third kappa shape index (κ3) is 2.73. The Bertz CT molecular complexity index is 991. The maximum Gasteiger partial charge on any atom is 0.262 e. The first-order valence-corrected chi connectivity index (χ1v) is 10.1. The van der Waals surface area contributed by atoms with E-state index in [9.17, 15) is 9.59 Å². The van der Waals surface area contributed by atoms with Crippen LogP contribution in [-0.2, 0) is 21.0 Å². The maximum absolute atomic E-state index is 13.3. The van der Waals surface area contributed by atoms with Crippen molar-refractivity contribution < 1.29 is 14.4 Å². The minimum absolute atomic E-state index is 0.171. The number of carbonyl (C=O) groups is 2. The summed E-state index contributed by atoms with van der Waals surface area (Å²) in [6, 6.07) is 22.8. The summed E-state index contributed by atoms with van der Waals surface area (Å²) in [4.78, 5) is 34.8. The van der Waals surface area contributed by atoms with Gasteiger partial charge in [0.25, 0.3) is 5.91 Å². The number of para-hydroxylation sites is 1. The van der Waals surface area contributed by atoms with Crippen molar-refractivity contribution in [3.63, 3.8) is 0 Å². The molecule has 0 aliphatic carbocycles. The third-order valence-corrected chi connectivity index (χ3v) is 6.18. The van der Waals surface area contributed by atoms with Crippen LogP contribution in [-0.4, -0.2) is 22.8 Å². The summed E-state index contributed by atoms with van der Waals surface area (Å²) in [5.41, 5.74) is 1.77. The lowest BCUT2D eigenvalue weighted by molar-refractivity contribution is -0.143. The fourth-order valence-electron chi connectivity index (χ4n) is 3.94. The van der Waals surface area contributed by atoms with Gasteiger partial charge in [-0.25, -0.2) is 5.06 Å². The number of nitrogens with zero attached hydrogens (tertiary/aromatic N) is 2. The maximum atomic E-state index is 13.3. The number of likely N-dealkylation sites (tertiary alicyclic amines) is 1. The highest BCUT2D eigenvalue weighted by atomic mass is 32.1. The van der Waals surface area contributed by atoms with E-state index in [-0.39, 0.29) is 24.4 Å². The molecule has 2 saturated heterocycles. The van der Waals surface area contributed by atoms with Crippen LogP contribution in [0.5, 0.6) is 0 Å². The summed E-state index contributed by atoms with van der Waals surface area (Å²) in [7, 11) is 0. The molecule has 6 heteroatoms. The Kier molecular flexibility index (Phi) is 4.22. The molecule has 0 unspecified atom stereocenters. The molecule has 2 aromatic carbocycles. The number of carbonyl (C=O) groups excluding carboxylic acids is 2. The molecule has 3 aromatic rings. The van der Waals surface area contributed by atoms with Crippen molar-refractivity contribution in [2.75, 3.05) is 5.06 Å². The van der Waals surface area contributed by atoms with E-state index in [4.69, 9.17) is 4.84 Å². The van der Waals surface area contributed by atoms with Gasteiger partial charge in [-0.05, 0) is 29.1 Å². The number of anilines is 1. The van der Waals surface area contributed by atoms with Gasteiger partial charge in [-0.2, -0.15) is 0 Å². The van der Waals surface area contributed by atoms with Gasteiger partial charge in [0.05, 0.1) is 12.2 Å². The summed E-state index contributed by atoms with van der Waals surface area (Å²) in [5, 5.41) is 3.71. The fraction of sp³-hybridized carbons (Fsp3) is 0.182. The smallest absolute Gasteiger partial charge is 0.262 e. The zero-order valence-corrected chi connectivity index (χ0v) is 15.8. The minimum atomic E-state index is -0.788. The summed E-state index contributed by atoms with van der Waals surface area (Å²) >= 11 is 1.57. The predicted molar refractivity (Wildman–Crippen MR) is 106 cm³/mol. The quantitative estimate of drug-likeness (QED) is 0.636. The van der Waals surface area contributed by atoms with Gasteiger partial charge in [0.2, 0.25) is 5.91 Å². The topological polar surface area (TPSA) is 49.9 Å². The second-order valence-electron chi connectivity index (χ2n) is 6.92. The van der Waals surface area contributed by atoms with Gasteiger partial charge in [-0.15, -0.1) is 11.3 Å². The normalized spacial score (nSPS) is 24.1. The van der Waals surface area contributed by atoms with E-state index < -0.39 is 12.0 Å². The van der Waals surface area contributed by atoms with Gasteiger partial charge in [-0.1, -0.05) is 54.6 Å². The number of rotatable bonds is 4. The highest BCUT2D eigenvalue weighted by Crippen LogP contribution is 2.47. The average Bonchev–Trinajstić information content (AvgIpc) is 3.44. The van der Waals surface area contributed by atoms with Crippen LogP contribution in [0.4, 0.5) is 5.69 Å². The van der Waals surface area contributed by atoms with Crippen molar-refractivity contribution >= 4 is 28.8 Å². The molecule has 2 fully saturated rings. The number of fused-ring (bicyclic) bond motifs is 1. The van der Waals surface area contributed by atoms with Crippen molar-refractivity contribution in [2.45, 2.75) is 18.7 Å². The van der Waals surface area contributed by atoms with Crippen LogP contribution in [0, 0.1) is 5.92 Å². The number of thiophene rings is 1. The number of hydroxylamine groups is 1. The van der Waals surface area contributed by atoms with E-state index in [2.05, 4.69) is 0 Å².